The molecule has 3 aromatic heterocycles. The summed E-state index contributed by atoms with van der Waals surface area (Å²) in [4.78, 5) is 62.2. The number of anilines is 1. The number of fused-ring (bicyclic) bond motifs is 1. The van der Waals surface area contributed by atoms with Gasteiger partial charge in [-0.15, -0.1) is 0 Å². The second-order valence-corrected chi connectivity index (χ2v) is 12.1. The molecule has 13 nitrogen and oxygen atoms in total. The summed E-state index contributed by atoms with van der Waals surface area (Å²) >= 11 is 6.07. The van der Waals surface area contributed by atoms with Gasteiger partial charge in [-0.05, 0) is 58.2 Å². The Hall–Kier alpha value is -4.33. The van der Waals surface area contributed by atoms with Gasteiger partial charge < -0.3 is 19.6 Å². The Morgan fingerprint density at radius 1 is 1.26 bits per heavy atom. The lowest BCUT2D eigenvalue weighted by molar-refractivity contribution is -0.385. The quantitative estimate of drug-likeness (QED) is 0.238. The molecule has 0 radical (unpaired) electrons. The normalized spacial score (nSPS) is 17.4. The van der Waals surface area contributed by atoms with E-state index in [2.05, 4.69) is 9.97 Å². The highest BCUT2D eigenvalue weighted by Gasteiger charge is 2.44. The second-order valence-electron chi connectivity index (χ2n) is 11.7. The number of piperazine rings is 1. The molecule has 0 saturated carbocycles. The van der Waals surface area contributed by atoms with Crippen LogP contribution in [0.2, 0.25) is 5.15 Å². The summed E-state index contributed by atoms with van der Waals surface area (Å²) in [6.45, 7) is 11.2. The molecule has 230 valence electrons. The van der Waals surface area contributed by atoms with E-state index >= 15 is 4.39 Å². The van der Waals surface area contributed by atoms with Crippen LogP contribution in [0.25, 0.3) is 16.7 Å². The number of rotatable bonds is 5. The molecule has 15 heteroatoms. The Balaban J connectivity index is 2.08. The Morgan fingerprint density at radius 2 is 1.91 bits per heavy atom. The first-order valence-electron chi connectivity index (χ1n) is 13.5. The number of aromatic nitrogens is 3. The highest BCUT2D eigenvalue weighted by atomic mass is 35.5. The zero-order valence-electron chi connectivity index (χ0n) is 24.7. The molecular formula is C28H32ClFN6O7. The zero-order chi connectivity index (χ0) is 32.1. The summed E-state index contributed by atoms with van der Waals surface area (Å²) in [5.74, 6) is -2.70. The van der Waals surface area contributed by atoms with Crippen LogP contribution in [0.1, 0.15) is 58.7 Å². The summed E-state index contributed by atoms with van der Waals surface area (Å²) in [5.41, 5.74) is -2.47. The average molecular weight is 619 g/mol. The lowest BCUT2D eigenvalue weighted by Gasteiger charge is -2.44. The van der Waals surface area contributed by atoms with Crippen molar-refractivity contribution in [3.8, 4) is 5.69 Å². The van der Waals surface area contributed by atoms with Gasteiger partial charge in [0.2, 0.25) is 0 Å². The number of nitro groups is 1. The zero-order valence-corrected chi connectivity index (χ0v) is 25.5. The molecule has 1 amide bonds. The molecule has 1 saturated heterocycles. The molecule has 43 heavy (non-hydrogen) atoms. The van der Waals surface area contributed by atoms with Crippen molar-refractivity contribution in [3.05, 3.63) is 61.0 Å². The van der Waals surface area contributed by atoms with Gasteiger partial charge in [0.25, 0.3) is 0 Å². The third-order valence-electron chi connectivity index (χ3n) is 7.06. The largest absolute Gasteiger partial charge is 0.480 e. The number of carboxylic acids is 1. The first-order chi connectivity index (χ1) is 19.9. The number of halogens is 2. The van der Waals surface area contributed by atoms with Gasteiger partial charge in [0.15, 0.2) is 16.6 Å². The maximum Gasteiger partial charge on any atom is 0.410 e. The third-order valence-corrected chi connectivity index (χ3v) is 7.32. The summed E-state index contributed by atoms with van der Waals surface area (Å²) < 4.78 is 21.5. The van der Waals surface area contributed by atoms with Gasteiger partial charge in [-0.2, -0.15) is 0 Å². The standard InChI is InChI=1S/C28H32ClFN6O7/c1-13(2)19-20(14(3)8-9-31-19)35-24-16(10-17(30)23(29)32-24)21(22(25(35)37)36(41)42)34-11-15(4)33(12-18(34)26(38)39)27(40)43-28(5,6)7/h8-10,13,15,18H,11-12H2,1-7H3,(H,38,39)/t15-,18-/m1/s1. The molecule has 0 aromatic carbocycles. The van der Waals surface area contributed by atoms with Gasteiger partial charge in [0, 0.05) is 18.8 Å². The number of amides is 1. The van der Waals surface area contributed by atoms with Gasteiger partial charge in [0.1, 0.15) is 17.3 Å². The smallest absolute Gasteiger partial charge is 0.410 e. The maximum absolute atomic E-state index is 15.0. The van der Waals surface area contributed by atoms with E-state index in [4.69, 9.17) is 16.3 Å². The van der Waals surface area contributed by atoms with E-state index in [0.29, 0.717) is 11.3 Å². The highest BCUT2D eigenvalue weighted by Crippen LogP contribution is 2.39. The number of hydrogen-bond acceptors (Lipinski definition) is 9. The van der Waals surface area contributed by atoms with Crippen LogP contribution in [0.5, 0.6) is 0 Å². The number of ether oxygens (including phenoxy) is 1. The van der Waals surface area contributed by atoms with Crippen LogP contribution in [0.4, 0.5) is 20.6 Å². The molecule has 4 rings (SSSR count). The number of nitrogens with zero attached hydrogens (tertiary/aromatic N) is 6. The minimum absolute atomic E-state index is 0.213. The number of aliphatic carboxylic acids is 1. The summed E-state index contributed by atoms with van der Waals surface area (Å²) in [5, 5.41) is 22.1. The van der Waals surface area contributed by atoms with E-state index in [1.54, 1.807) is 40.7 Å². The van der Waals surface area contributed by atoms with Gasteiger partial charge in [-0.25, -0.2) is 19.0 Å². The van der Waals surface area contributed by atoms with Crippen molar-refractivity contribution in [3.63, 3.8) is 0 Å². The summed E-state index contributed by atoms with van der Waals surface area (Å²) in [6.07, 6.45) is 0.765. The first kappa shape index (κ1) is 31.6. The molecule has 2 atom stereocenters. The Labute approximate surface area is 251 Å². The Kier molecular flexibility index (Phi) is 8.38. The maximum atomic E-state index is 15.0. The van der Waals surface area contributed by atoms with Crippen molar-refractivity contribution in [2.45, 2.75) is 72.1 Å². The van der Waals surface area contributed by atoms with Crippen LogP contribution in [-0.2, 0) is 9.53 Å². The molecule has 1 aliphatic rings. The topological polar surface area (TPSA) is 161 Å². The minimum Gasteiger partial charge on any atom is -0.480 e. The molecule has 1 N–H and O–H groups in total. The lowest BCUT2D eigenvalue weighted by Crippen LogP contribution is -2.62. The van der Waals surface area contributed by atoms with Crippen molar-refractivity contribution in [2.24, 2.45) is 0 Å². The fraction of sp³-hybridized carbons (Fsp3) is 0.464. The number of hydrogen-bond donors (Lipinski definition) is 1. The van der Waals surface area contributed by atoms with Crippen molar-refractivity contribution >= 4 is 46.1 Å². The summed E-state index contributed by atoms with van der Waals surface area (Å²) in [7, 11) is 0. The monoisotopic (exact) mass is 618 g/mol. The molecular weight excluding hydrogens is 587 g/mol. The Bertz CT molecular complexity index is 1700. The van der Waals surface area contributed by atoms with E-state index in [0.717, 1.165) is 15.5 Å². The molecule has 0 bridgehead atoms. The van der Waals surface area contributed by atoms with Gasteiger partial charge in [0.05, 0.1) is 28.2 Å². The first-order valence-corrected chi connectivity index (χ1v) is 13.9. The number of aryl methyl sites for hydroxylation is 1. The van der Waals surface area contributed by atoms with Crippen molar-refractivity contribution < 1.29 is 28.7 Å². The predicted molar refractivity (Wildman–Crippen MR) is 157 cm³/mol. The average Bonchev–Trinajstić information content (AvgIpc) is 2.87. The third kappa shape index (κ3) is 5.83. The minimum atomic E-state index is -1.56. The molecule has 4 heterocycles. The molecule has 0 aliphatic carbocycles. The van der Waals surface area contributed by atoms with Crippen LogP contribution in [0, 0.1) is 22.9 Å². The number of carbonyl (C=O) groups excluding carboxylic acids is 1. The van der Waals surface area contributed by atoms with Gasteiger partial charge >= 0.3 is 23.3 Å². The molecule has 1 aliphatic heterocycles. The van der Waals surface area contributed by atoms with Crippen LogP contribution in [0.15, 0.2) is 23.1 Å². The van der Waals surface area contributed by atoms with Crippen molar-refractivity contribution in [2.75, 3.05) is 18.0 Å². The second kappa shape index (κ2) is 11.4. The highest BCUT2D eigenvalue weighted by molar-refractivity contribution is 6.30. The van der Waals surface area contributed by atoms with Gasteiger partial charge in [-0.3, -0.25) is 24.5 Å². The fourth-order valence-corrected chi connectivity index (χ4v) is 5.32. The molecule has 0 spiro atoms. The van der Waals surface area contributed by atoms with Crippen LogP contribution in [0.3, 0.4) is 0 Å². The molecule has 3 aromatic rings. The van der Waals surface area contributed by atoms with Crippen molar-refractivity contribution in [1.82, 2.24) is 19.4 Å². The number of carboxylic acid groups (broad SMARTS) is 1. The molecule has 0 unspecified atom stereocenters. The van der Waals surface area contributed by atoms with Crippen LogP contribution in [-0.4, -0.2) is 72.3 Å². The van der Waals surface area contributed by atoms with Crippen molar-refractivity contribution in [1.29, 1.82) is 0 Å². The predicted octanol–water partition coefficient (Wildman–Crippen LogP) is 4.81. The van der Waals surface area contributed by atoms with Crippen LogP contribution < -0.4 is 10.5 Å². The number of carbonyl (C=O) groups is 2. The Morgan fingerprint density at radius 3 is 2.47 bits per heavy atom. The lowest BCUT2D eigenvalue weighted by atomic mass is 10.0. The van der Waals surface area contributed by atoms with E-state index in [1.165, 1.54) is 11.1 Å². The van der Waals surface area contributed by atoms with E-state index < -0.39 is 69.1 Å². The van der Waals surface area contributed by atoms with Gasteiger partial charge in [-0.1, -0.05) is 25.4 Å². The fourth-order valence-electron chi connectivity index (χ4n) is 5.19. The van der Waals surface area contributed by atoms with E-state index in [9.17, 15) is 29.6 Å². The van der Waals surface area contributed by atoms with E-state index in [1.807, 2.05) is 13.8 Å². The molecule has 1 fully saturated rings. The summed E-state index contributed by atoms with van der Waals surface area (Å²) in [6, 6.07) is 0.224. The van der Waals surface area contributed by atoms with E-state index in [-0.39, 0.29) is 29.2 Å². The number of pyridine rings is 3. The van der Waals surface area contributed by atoms with Crippen LogP contribution >= 0.6 is 11.6 Å². The SMILES string of the molecule is Cc1ccnc(C(C)C)c1-n1c(=O)c([N+](=O)[O-])c(N2C[C@@H](C)N(C(=O)OC(C)(C)C)C[C@@H]2C(=O)O)c2cc(F)c(Cl)nc21.